The van der Waals surface area contributed by atoms with E-state index >= 15 is 0 Å². The number of hydrogen-bond donors (Lipinski definition) is 2. The fourth-order valence-electron chi connectivity index (χ4n) is 0.416. The summed E-state index contributed by atoms with van der Waals surface area (Å²) < 4.78 is 23.9. The second-order valence-corrected chi connectivity index (χ2v) is 4.00. The molecule has 0 bridgehead atoms. The Morgan fingerprint density at radius 2 is 2.00 bits per heavy atom. The smallest absolute Gasteiger partial charge is 0.289 e. The van der Waals surface area contributed by atoms with Crippen LogP contribution in [0.25, 0.3) is 0 Å². The van der Waals surface area contributed by atoms with E-state index in [9.17, 15) is 8.42 Å². The van der Waals surface area contributed by atoms with Crippen molar-refractivity contribution in [3.63, 3.8) is 0 Å². The van der Waals surface area contributed by atoms with E-state index in [0.29, 0.717) is 6.54 Å². The van der Waals surface area contributed by atoms with Crippen molar-refractivity contribution in [2.75, 3.05) is 13.7 Å². The van der Waals surface area contributed by atoms with Crippen molar-refractivity contribution >= 4 is 10.2 Å². The molecule has 2 N–H and O–H groups in total. The van der Waals surface area contributed by atoms with E-state index in [1.165, 1.54) is 7.11 Å². The maximum Gasteiger partial charge on any atom is 0.299 e. The van der Waals surface area contributed by atoms with Gasteiger partial charge in [-0.05, 0) is 5.92 Å². The quantitative estimate of drug-likeness (QED) is 0.570. The van der Waals surface area contributed by atoms with Crippen LogP contribution in [0, 0.1) is 5.92 Å². The third kappa shape index (κ3) is 6.24. The van der Waals surface area contributed by atoms with E-state index in [1.54, 1.807) is 0 Å². The molecule has 0 rings (SSSR count). The number of nitrogens with one attached hydrogen (secondary N) is 2. The SMILES string of the molecule is CONS(=O)(=O)NCC(C)C. The van der Waals surface area contributed by atoms with Crippen molar-refractivity contribution in [3.8, 4) is 0 Å². The van der Waals surface area contributed by atoms with Crippen LogP contribution in [0.5, 0.6) is 0 Å². The van der Waals surface area contributed by atoms with Gasteiger partial charge in [-0.25, -0.2) is 4.72 Å². The third-order valence-electron chi connectivity index (χ3n) is 0.875. The van der Waals surface area contributed by atoms with Gasteiger partial charge < -0.3 is 0 Å². The summed E-state index contributed by atoms with van der Waals surface area (Å²) in [5, 5.41) is 0. The fourth-order valence-corrected chi connectivity index (χ4v) is 1.25. The minimum absolute atomic E-state index is 0.281. The molecule has 6 heteroatoms. The predicted molar refractivity (Wildman–Crippen MR) is 41.9 cm³/mol. The van der Waals surface area contributed by atoms with Gasteiger partial charge in [-0.1, -0.05) is 18.7 Å². The molecular weight excluding hydrogens is 168 g/mol. The van der Waals surface area contributed by atoms with Crippen LogP contribution in [0.3, 0.4) is 0 Å². The summed E-state index contributed by atoms with van der Waals surface area (Å²) in [4.78, 5) is 6.08. The summed E-state index contributed by atoms with van der Waals surface area (Å²) in [7, 11) is -2.20. The summed E-state index contributed by atoms with van der Waals surface area (Å²) in [5.41, 5.74) is 0. The Bertz CT molecular complexity index is 188. The van der Waals surface area contributed by atoms with Gasteiger partial charge in [0.2, 0.25) is 0 Å². The molecule has 0 saturated carbocycles. The highest BCUT2D eigenvalue weighted by Crippen LogP contribution is 1.88. The van der Waals surface area contributed by atoms with E-state index in [-0.39, 0.29) is 5.92 Å². The molecule has 0 unspecified atom stereocenters. The Labute approximate surface area is 67.3 Å². The van der Waals surface area contributed by atoms with Crippen LogP contribution in [0.15, 0.2) is 0 Å². The second kappa shape index (κ2) is 4.66. The van der Waals surface area contributed by atoms with Crippen molar-refractivity contribution in [2.24, 2.45) is 5.92 Å². The molecule has 0 aliphatic rings. The maximum atomic E-state index is 10.8. The van der Waals surface area contributed by atoms with Crippen LogP contribution in [0.4, 0.5) is 0 Å². The molecule has 0 aromatic heterocycles. The van der Waals surface area contributed by atoms with Gasteiger partial charge in [-0.15, -0.1) is 0 Å². The first-order valence-electron chi connectivity index (χ1n) is 3.27. The van der Waals surface area contributed by atoms with Crippen LogP contribution in [-0.2, 0) is 15.0 Å². The molecule has 11 heavy (non-hydrogen) atoms. The highest BCUT2D eigenvalue weighted by Gasteiger charge is 2.07. The van der Waals surface area contributed by atoms with Gasteiger partial charge in [-0.2, -0.15) is 8.42 Å². The average molecular weight is 182 g/mol. The molecular formula is C5H14N2O3S. The van der Waals surface area contributed by atoms with Crippen LogP contribution in [0.1, 0.15) is 13.8 Å². The Kier molecular flexibility index (Phi) is 4.58. The monoisotopic (exact) mass is 182 g/mol. The van der Waals surface area contributed by atoms with Gasteiger partial charge in [0, 0.05) is 6.54 Å². The first-order valence-corrected chi connectivity index (χ1v) is 4.75. The van der Waals surface area contributed by atoms with Crippen molar-refractivity contribution in [1.82, 2.24) is 9.61 Å². The zero-order valence-corrected chi connectivity index (χ0v) is 7.73. The maximum absolute atomic E-state index is 10.8. The Hall–Kier alpha value is -0.170. The molecule has 5 nitrogen and oxygen atoms in total. The van der Waals surface area contributed by atoms with Crippen molar-refractivity contribution in [1.29, 1.82) is 0 Å². The van der Waals surface area contributed by atoms with Crippen molar-refractivity contribution in [3.05, 3.63) is 0 Å². The standard InChI is InChI=1S/C5H14N2O3S/c1-5(2)4-6-11(8,9)7-10-3/h5-7H,4H2,1-3H3. The fraction of sp³-hybridized carbons (Fsp3) is 1.00. The summed E-state index contributed by atoms with van der Waals surface area (Å²) in [6.45, 7) is 4.23. The predicted octanol–water partition coefficient (Wildman–Crippen LogP) is -0.372. The molecule has 0 amide bonds. The van der Waals surface area contributed by atoms with Gasteiger partial charge in [0.15, 0.2) is 0 Å². The summed E-state index contributed by atoms with van der Waals surface area (Å²) in [6, 6.07) is 0. The molecule has 0 radical (unpaired) electrons. The van der Waals surface area contributed by atoms with Crippen LogP contribution < -0.4 is 9.61 Å². The lowest BCUT2D eigenvalue weighted by molar-refractivity contribution is 0.152. The number of hydrogen-bond acceptors (Lipinski definition) is 3. The van der Waals surface area contributed by atoms with Gasteiger partial charge >= 0.3 is 0 Å². The van der Waals surface area contributed by atoms with E-state index in [0.717, 1.165) is 0 Å². The first kappa shape index (κ1) is 10.8. The lowest BCUT2D eigenvalue weighted by atomic mass is 10.2. The summed E-state index contributed by atoms with van der Waals surface area (Å²) in [6.07, 6.45) is 0. The molecule has 0 spiro atoms. The zero-order chi connectivity index (χ0) is 8.91. The van der Waals surface area contributed by atoms with Crippen LogP contribution >= 0.6 is 0 Å². The molecule has 0 aliphatic heterocycles. The van der Waals surface area contributed by atoms with E-state index < -0.39 is 10.2 Å². The molecule has 68 valence electrons. The Morgan fingerprint density at radius 1 is 1.45 bits per heavy atom. The largest absolute Gasteiger partial charge is 0.299 e. The number of rotatable bonds is 5. The minimum Gasteiger partial charge on any atom is -0.289 e. The Morgan fingerprint density at radius 3 is 2.36 bits per heavy atom. The minimum atomic E-state index is -3.45. The van der Waals surface area contributed by atoms with Crippen LogP contribution in [-0.4, -0.2) is 22.1 Å². The van der Waals surface area contributed by atoms with Gasteiger partial charge in [0.25, 0.3) is 10.2 Å². The van der Waals surface area contributed by atoms with Gasteiger partial charge in [0.1, 0.15) is 0 Å². The molecule has 0 fully saturated rings. The van der Waals surface area contributed by atoms with Gasteiger partial charge in [-0.3, -0.25) is 4.84 Å². The third-order valence-corrected chi connectivity index (χ3v) is 1.81. The van der Waals surface area contributed by atoms with E-state index in [2.05, 4.69) is 9.56 Å². The molecule has 0 heterocycles. The Balaban J connectivity index is 3.74. The second-order valence-electron chi connectivity index (χ2n) is 2.53. The molecule has 0 aliphatic carbocycles. The zero-order valence-electron chi connectivity index (χ0n) is 6.92. The summed E-state index contributed by atoms with van der Waals surface area (Å²) in [5.74, 6) is 0.281. The van der Waals surface area contributed by atoms with Crippen molar-refractivity contribution < 1.29 is 13.3 Å². The normalized spacial score (nSPS) is 12.4. The van der Waals surface area contributed by atoms with Crippen LogP contribution in [0.2, 0.25) is 0 Å². The van der Waals surface area contributed by atoms with E-state index in [1.807, 2.05) is 18.7 Å². The highest BCUT2D eigenvalue weighted by molar-refractivity contribution is 7.87. The average Bonchev–Trinajstić information content (AvgIpc) is 1.84. The lowest BCUT2D eigenvalue weighted by Gasteiger charge is -2.07. The molecule has 0 aromatic rings. The molecule has 0 saturated heterocycles. The van der Waals surface area contributed by atoms with E-state index in [4.69, 9.17) is 0 Å². The topological polar surface area (TPSA) is 67.4 Å². The first-order chi connectivity index (χ1) is 4.98. The summed E-state index contributed by atoms with van der Waals surface area (Å²) >= 11 is 0. The van der Waals surface area contributed by atoms with Gasteiger partial charge in [0.05, 0.1) is 7.11 Å². The highest BCUT2D eigenvalue weighted by atomic mass is 32.2. The lowest BCUT2D eigenvalue weighted by Crippen LogP contribution is -2.37. The molecule has 0 aromatic carbocycles. The molecule has 0 atom stereocenters. The van der Waals surface area contributed by atoms with Crippen molar-refractivity contribution in [2.45, 2.75) is 13.8 Å².